The second-order valence-corrected chi connectivity index (χ2v) is 7.38. The molecule has 0 aliphatic heterocycles. The SMILES string of the molecule is CCC(=O)Nc1ccc(N(C)C)c(CN(C(=O)C(CC)CC)[C@H](C)CC)c1. The van der Waals surface area contributed by atoms with E-state index >= 15 is 0 Å². The van der Waals surface area contributed by atoms with Crippen LogP contribution in [0.25, 0.3) is 0 Å². The van der Waals surface area contributed by atoms with Gasteiger partial charge in [-0.05, 0) is 49.9 Å². The van der Waals surface area contributed by atoms with E-state index in [1.165, 1.54) is 0 Å². The van der Waals surface area contributed by atoms with E-state index in [1.54, 1.807) is 0 Å². The molecule has 0 bridgehead atoms. The number of nitrogens with one attached hydrogen (secondary N) is 1. The third-order valence-electron chi connectivity index (χ3n) is 5.25. The van der Waals surface area contributed by atoms with Gasteiger partial charge in [0, 0.05) is 50.4 Å². The second kappa shape index (κ2) is 11.0. The predicted octanol–water partition coefficient (Wildman–Crippen LogP) is 4.66. The Morgan fingerprint density at radius 1 is 1.04 bits per heavy atom. The Morgan fingerprint density at radius 3 is 2.15 bits per heavy atom. The topological polar surface area (TPSA) is 52.7 Å². The molecular formula is C22H37N3O2. The van der Waals surface area contributed by atoms with Gasteiger partial charge >= 0.3 is 0 Å². The normalized spacial score (nSPS) is 12.0. The van der Waals surface area contributed by atoms with Gasteiger partial charge in [-0.15, -0.1) is 0 Å². The lowest BCUT2D eigenvalue weighted by Gasteiger charge is -2.33. The first-order chi connectivity index (χ1) is 12.8. The number of carbonyl (C=O) groups excluding carboxylic acids is 2. The van der Waals surface area contributed by atoms with Gasteiger partial charge in [-0.2, -0.15) is 0 Å². The van der Waals surface area contributed by atoms with Crippen LogP contribution in [0.5, 0.6) is 0 Å². The quantitative estimate of drug-likeness (QED) is 0.647. The van der Waals surface area contributed by atoms with Gasteiger partial charge < -0.3 is 15.1 Å². The minimum absolute atomic E-state index is 0.00885. The molecule has 0 heterocycles. The van der Waals surface area contributed by atoms with E-state index in [2.05, 4.69) is 37.9 Å². The average molecular weight is 376 g/mol. The van der Waals surface area contributed by atoms with Crippen LogP contribution in [0, 0.1) is 5.92 Å². The van der Waals surface area contributed by atoms with Gasteiger partial charge in [0.25, 0.3) is 0 Å². The molecular weight excluding hydrogens is 338 g/mol. The Bertz CT molecular complexity index is 624. The van der Waals surface area contributed by atoms with Gasteiger partial charge in [0.2, 0.25) is 11.8 Å². The summed E-state index contributed by atoms with van der Waals surface area (Å²) in [6.07, 6.45) is 3.07. The van der Waals surface area contributed by atoms with Crippen LogP contribution >= 0.6 is 0 Å². The van der Waals surface area contributed by atoms with Gasteiger partial charge in [-0.3, -0.25) is 9.59 Å². The first kappa shape index (κ1) is 23.0. The number of hydrogen-bond acceptors (Lipinski definition) is 3. The third kappa shape index (κ3) is 6.26. The summed E-state index contributed by atoms with van der Waals surface area (Å²) in [5.74, 6) is 0.275. The van der Waals surface area contributed by atoms with E-state index in [0.717, 1.165) is 36.2 Å². The van der Waals surface area contributed by atoms with Crippen molar-refractivity contribution in [2.75, 3.05) is 24.3 Å². The van der Waals surface area contributed by atoms with Crippen molar-refractivity contribution in [3.63, 3.8) is 0 Å². The fraction of sp³-hybridized carbons (Fsp3) is 0.636. The number of anilines is 2. The molecule has 1 N–H and O–H groups in total. The maximum Gasteiger partial charge on any atom is 0.226 e. The van der Waals surface area contributed by atoms with E-state index < -0.39 is 0 Å². The molecule has 0 saturated carbocycles. The summed E-state index contributed by atoms with van der Waals surface area (Å²) in [6, 6.07) is 6.10. The first-order valence-corrected chi connectivity index (χ1v) is 10.2. The zero-order chi connectivity index (χ0) is 20.6. The molecule has 0 radical (unpaired) electrons. The van der Waals surface area contributed by atoms with Crippen molar-refractivity contribution in [2.24, 2.45) is 5.92 Å². The number of amides is 2. The van der Waals surface area contributed by atoms with Crippen LogP contribution in [0.4, 0.5) is 11.4 Å². The second-order valence-electron chi connectivity index (χ2n) is 7.38. The predicted molar refractivity (Wildman–Crippen MR) is 114 cm³/mol. The molecule has 0 unspecified atom stereocenters. The molecule has 0 aliphatic carbocycles. The molecule has 1 aromatic rings. The van der Waals surface area contributed by atoms with E-state index in [-0.39, 0.29) is 23.8 Å². The Labute approximate surface area is 165 Å². The summed E-state index contributed by atoms with van der Waals surface area (Å²) in [4.78, 5) is 29.0. The summed E-state index contributed by atoms with van der Waals surface area (Å²) in [5.41, 5.74) is 2.89. The van der Waals surface area contributed by atoms with Gasteiger partial charge in [0.15, 0.2) is 0 Å². The van der Waals surface area contributed by atoms with Gasteiger partial charge in [0.05, 0.1) is 0 Å². The van der Waals surface area contributed by atoms with Gasteiger partial charge in [-0.25, -0.2) is 0 Å². The molecule has 5 heteroatoms. The third-order valence-corrected chi connectivity index (χ3v) is 5.25. The van der Waals surface area contributed by atoms with E-state index in [1.807, 2.05) is 44.1 Å². The van der Waals surface area contributed by atoms with Crippen molar-refractivity contribution in [2.45, 2.75) is 72.9 Å². The molecule has 0 aliphatic rings. The Balaban J connectivity index is 3.26. The monoisotopic (exact) mass is 375 g/mol. The number of nitrogens with zero attached hydrogens (tertiary/aromatic N) is 2. The van der Waals surface area contributed by atoms with Crippen molar-refractivity contribution < 1.29 is 9.59 Å². The smallest absolute Gasteiger partial charge is 0.226 e. The van der Waals surface area contributed by atoms with Crippen molar-refractivity contribution in [1.29, 1.82) is 0 Å². The molecule has 0 aromatic heterocycles. The number of rotatable bonds is 10. The highest BCUT2D eigenvalue weighted by Gasteiger charge is 2.26. The van der Waals surface area contributed by atoms with Crippen LogP contribution in [0.2, 0.25) is 0 Å². The van der Waals surface area contributed by atoms with Crippen molar-refractivity contribution in [1.82, 2.24) is 4.90 Å². The lowest BCUT2D eigenvalue weighted by molar-refractivity contribution is -0.138. The summed E-state index contributed by atoms with van der Waals surface area (Å²) in [7, 11) is 4.00. The van der Waals surface area contributed by atoms with Crippen LogP contribution in [-0.4, -0.2) is 36.9 Å². The number of benzene rings is 1. The van der Waals surface area contributed by atoms with Crippen molar-refractivity contribution >= 4 is 23.2 Å². The lowest BCUT2D eigenvalue weighted by atomic mass is 9.99. The Morgan fingerprint density at radius 2 is 1.67 bits per heavy atom. The van der Waals surface area contributed by atoms with Crippen LogP contribution in [-0.2, 0) is 16.1 Å². The highest BCUT2D eigenvalue weighted by molar-refractivity contribution is 5.91. The zero-order valence-electron chi connectivity index (χ0n) is 18.1. The molecule has 2 amide bonds. The van der Waals surface area contributed by atoms with E-state index in [9.17, 15) is 9.59 Å². The number of hydrogen-bond donors (Lipinski definition) is 1. The molecule has 152 valence electrons. The first-order valence-electron chi connectivity index (χ1n) is 10.2. The summed E-state index contributed by atoms with van der Waals surface area (Å²) in [6.45, 7) is 10.8. The molecule has 1 aromatic carbocycles. The standard InChI is InChI=1S/C22H37N3O2/c1-8-16(5)25(22(27)17(9-2)10-3)15-18-14-19(23-21(26)11-4)12-13-20(18)24(6)7/h12-14,16-17H,8-11,15H2,1-7H3,(H,23,26)/t16-/m1/s1. The lowest BCUT2D eigenvalue weighted by Crippen LogP contribution is -2.41. The summed E-state index contributed by atoms with van der Waals surface area (Å²) < 4.78 is 0. The minimum atomic E-state index is -0.00885. The Hall–Kier alpha value is -2.04. The molecule has 5 nitrogen and oxygen atoms in total. The highest BCUT2D eigenvalue weighted by atomic mass is 16.2. The highest BCUT2D eigenvalue weighted by Crippen LogP contribution is 2.27. The van der Waals surface area contributed by atoms with E-state index in [0.29, 0.717) is 13.0 Å². The van der Waals surface area contributed by atoms with Gasteiger partial charge in [-0.1, -0.05) is 27.7 Å². The molecule has 1 atom stereocenters. The van der Waals surface area contributed by atoms with Crippen LogP contribution in [0.1, 0.15) is 65.9 Å². The fourth-order valence-electron chi connectivity index (χ4n) is 3.20. The molecule has 0 saturated heterocycles. The summed E-state index contributed by atoms with van der Waals surface area (Å²) in [5, 5.41) is 2.93. The minimum Gasteiger partial charge on any atom is -0.377 e. The van der Waals surface area contributed by atoms with E-state index in [4.69, 9.17) is 0 Å². The Kier molecular flexibility index (Phi) is 9.33. The van der Waals surface area contributed by atoms with Crippen LogP contribution in [0.3, 0.4) is 0 Å². The molecule has 0 spiro atoms. The maximum atomic E-state index is 13.1. The largest absolute Gasteiger partial charge is 0.377 e. The molecule has 27 heavy (non-hydrogen) atoms. The maximum absolute atomic E-state index is 13.1. The molecule has 0 fully saturated rings. The fourth-order valence-corrected chi connectivity index (χ4v) is 3.20. The zero-order valence-corrected chi connectivity index (χ0v) is 18.1. The average Bonchev–Trinajstić information content (AvgIpc) is 2.66. The van der Waals surface area contributed by atoms with Gasteiger partial charge in [0.1, 0.15) is 0 Å². The van der Waals surface area contributed by atoms with Crippen molar-refractivity contribution in [3.8, 4) is 0 Å². The van der Waals surface area contributed by atoms with Crippen LogP contribution in [0.15, 0.2) is 18.2 Å². The number of carbonyl (C=O) groups is 2. The van der Waals surface area contributed by atoms with Crippen molar-refractivity contribution in [3.05, 3.63) is 23.8 Å². The summed E-state index contributed by atoms with van der Waals surface area (Å²) >= 11 is 0. The molecule has 1 rings (SSSR count). The van der Waals surface area contributed by atoms with Crippen LogP contribution < -0.4 is 10.2 Å².